The van der Waals surface area contributed by atoms with Crippen molar-refractivity contribution in [2.45, 2.75) is 17.7 Å². The second kappa shape index (κ2) is 6.19. The molecule has 1 aromatic heterocycles. The highest BCUT2D eigenvalue weighted by Crippen LogP contribution is 2.24. The van der Waals surface area contributed by atoms with Crippen LogP contribution >= 0.6 is 11.8 Å². The number of amidine groups is 1. The van der Waals surface area contributed by atoms with E-state index in [2.05, 4.69) is 34.4 Å². The summed E-state index contributed by atoms with van der Waals surface area (Å²) < 4.78 is 0. The number of nitrogens with two attached hydrogens (primary N) is 1. The fourth-order valence-corrected chi connectivity index (χ4v) is 2.64. The van der Waals surface area contributed by atoms with Gasteiger partial charge in [0.15, 0.2) is 5.84 Å². The molecule has 0 amide bonds. The van der Waals surface area contributed by atoms with E-state index in [4.69, 9.17) is 10.9 Å². The molecule has 0 saturated heterocycles. The average molecular weight is 274 g/mol. The molecular weight excluding hydrogens is 260 g/mol. The number of hydrogen-bond acceptors (Lipinski definition) is 5. The Balaban J connectivity index is 2.19. The van der Waals surface area contributed by atoms with Gasteiger partial charge in [0.05, 0.1) is 11.8 Å². The van der Waals surface area contributed by atoms with Crippen molar-refractivity contribution in [3.05, 3.63) is 53.2 Å². The largest absolute Gasteiger partial charge is 0.409 e. The monoisotopic (exact) mass is 274 g/mol. The topological polar surface area (TPSA) is 84.4 Å². The fourth-order valence-electron chi connectivity index (χ4n) is 1.59. The molecule has 0 aliphatic rings. The summed E-state index contributed by atoms with van der Waals surface area (Å²) in [6, 6.07) is 9.83. The summed E-state index contributed by atoms with van der Waals surface area (Å²) in [5, 5.41) is 20.3. The summed E-state index contributed by atoms with van der Waals surface area (Å²) in [6.45, 7) is 2.07. The lowest BCUT2D eigenvalue weighted by Crippen LogP contribution is -2.15. The third-order valence-corrected chi connectivity index (χ3v) is 3.73. The van der Waals surface area contributed by atoms with E-state index < -0.39 is 0 Å². The van der Waals surface area contributed by atoms with Gasteiger partial charge in [-0.25, -0.2) is 0 Å². The molecule has 0 bridgehead atoms. The minimum Gasteiger partial charge on any atom is -0.409 e. The smallest absolute Gasteiger partial charge is 0.172 e. The minimum absolute atomic E-state index is 0.0437. The van der Waals surface area contributed by atoms with Crippen molar-refractivity contribution < 1.29 is 5.21 Å². The molecule has 2 aromatic rings. The van der Waals surface area contributed by atoms with E-state index >= 15 is 0 Å². The van der Waals surface area contributed by atoms with E-state index in [9.17, 15) is 0 Å². The van der Waals surface area contributed by atoms with Crippen LogP contribution in [0.4, 0.5) is 0 Å². The van der Waals surface area contributed by atoms with Crippen molar-refractivity contribution in [2.24, 2.45) is 10.9 Å². The summed E-state index contributed by atoms with van der Waals surface area (Å²) in [5.41, 5.74) is 8.66. The van der Waals surface area contributed by atoms with Crippen molar-refractivity contribution in [2.75, 3.05) is 0 Å². The maximum Gasteiger partial charge on any atom is 0.172 e. The van der Waals surface area contributed by atoms with E-state index in [0.29, 0.717) is 10.6 Å². The molecule has 1 heterocycles. The summed E-state index contributed by atoms with van der Waals surface area (Å²) in [5.74, 6) is 0.805. The number of nitrogens with zero attached hydrogens (tertiary/aromatic N) is 3. The number of thioether (sulfide) groups is 1. The van der Waals surface area contributed by atoms with Crippen LogP contribution in [-0.2, 0) is 5.75 Å². The Morgan fingerprint density at radius 2 is 2.16 bits per heavy atom. The molecule has 6 heteroatoms. The molecule has 0 unspecified atom stereocenters. The molecule has 19 heavy (non-hydrogen) atoms. The van der Waals surface area contributed by atoms with Crippen LogP contribution in [0.3, 0.4) is 0 Å². The molecule has 0 spiro atoms. The van der Waals surface area contributed by atoms with Crippen molar-refractivity contribution in [3.8, 4) is 0 Å². The van der Waals surface area contributed by atoms with Crippen LogP contribution < -0.4 is 5.73 Å². The first-order valence-corrected chi connectivity index (χ1v) is 6.68. The number of hydrogen-bond donors (Lipinski definition) is 2. The molecule has 0 saturated carbocycles. The number of benzene rings is 1. The Kier molecular flexibility index (Phi) is 4.35. The van der Waals surface area contributed by atoms with E-state index in [1.807, 2.05) is 12.1 Å². The Labute approximate surface area is 115 Å². The molecule has 98 valence electrons. The van der Waals surface area contributed by atoms with Gasteiger partial charge >= 0.3 is 0 Å². The zero-order chi connectivity index (χ0) is 13.7. The van der Waals surface area contributed by atoms with Gasteiger partial charge in [-0.3, -0.25) is 0 Å². The lowest BCUT2D eigenvalue weighted by Gasteiger charge is -2.07. The maximum absolute atomic E-state index is 8.75. The van der Waals surface area contributed by atoms with E-state index in [-0.39, 0.29) is 5.84 Å². The Bertz CT molecular complexity index is 601. The SMILES string of the molecule is Cc1ccccc1CSc1nnccc1/C(N)=N/O. The Hall–Kier alpha value is -2.08. The van der Waals surface area contributed by atoms with E-state index in [1.165, 1.54) is 29.1 Å². The first-order chi connectivity index (χ1) is 9.22. The third-order valence-electron chi connectivity index (χ3n) is 2.70. The lowest BCUT2D eigenvalue weighted by molar-refractivity contribution is 0.318. The van der Waals surface area contributed by atoms with Crippen molar-refractivity contribution in [1.82, 2.24) is 10.2 Å². The van der Waals surface area contributed by atoms with Gasteiger partial charge in [-0.15, -0.1) is 5.10 Å². The van der Waals surface area contributed by atoms with Gasteiger partial charge < -0.3 is 10.9 Å². The highest BCUT2D eigenvalue weighted by atomic mass is 32.2. The van der Waals surface area contributed by atoms with Crippen molar-refractivity contribution in [3.63, 3.8) is 0 Å². The molecule has 3 N–H and O–H groups in total. The van der Waals surface area contributed by atoms with Gasteiger partial charge in [0.2, 0.25) is 0 Å². The first kappa shape index (κ1) is 13.4. The van der Waals surface area contributed by atoms with Gasteiger partial charge in [-0.1, -0.05) is 41.2 Å². The van der Waals surface area contributed by atoms with Crippen LogP contribution in [0.5, 0.6) is 0 Å². The quantitative estimate of drug-likeness (QED) is 0.293. The van der Waals surface area contributed by atoms with Crippen LogP contribution in [-0.4, -0.2) is 21.2 Å². The van der Waals surface area contributed by atoms with Crippen LogP contribution in [0.2, 0.25) is 0 Å². The first-order valence-electron chi connectivity index (χ1n) is 5.69. The summed E-state index contributed by atoms with van der Waals surface area (Å²) in [4.78, 5) is 0. The van der Waals surface area contributed by atoms with Crippen LogP contribution in [0.25, 0.3) is 0 Å². The Morgan fingerprint density at radius 3 is 2.89 bits per heavy atom. The third kappa shape index (κ3) is 3.23. The molecule has 0 radical (unpaired) electrons. The van der Waals surface area contributed by atoms with Gasteiger partial charge in [0, 0.05) is 5.75 Å². The minimum atomic E-state index is 0.0437. The van der Waals surface area contributed by atoms with Crippen molar-refractivity contribution in [1.29, 1.82) is 0 Å². The standard InChI is InChI=1S/C13H14N4OS/c1-9-4-2-3-5-10(9)8-19-13-11(12(14)17-18)6-7-15-16-13/h2-7,18H,8H2,1H3,(H2,14,17). The van der Waals surface area contributed by atoms with Crippen LogP contribution in [0.15, 0.2) is 46.7 Å². The second-order valence-corrected chi connectivity index (χ2v) is 4.91. The molecule has 0 fully saturated rings. The van der Waals surface area contributed by atoms with Gasteiger partial charge in [-0.2, -0.15) is 5.10 Å². The van der Waals surface area contributed by atoms with Gasteiger partial charge in [0.1, 0.15) is 5.03 Å². The van der Waals surface area contributed by atoms with E-state index in [1.54, 1.807) is 6.07 Å². The maximum atomic E-state index is 8.75. The van der Waals surface area contributed by atoms with Crippen LogP contribution in [0, 0.1) is 6.92 Å². The van der Waals surface area contributed by atoms with Gasteiger partial charge in [0.25, 0.3) is 0 Å². The highest BCUT2D eigenvalue weighted by molar-refractivity contribution is 7.98. The number of aryl methyl sites for hydroxylation is 1. The van der Waals surface area contributed by atoms with Crippen molar-refractivity contribution >= 4 is 17.6 Å². The highest BCUT2D eigenvalue weighted by Gasteiger charge is 2.10. The summed E-state index contributed by atoms with van der Waals surface area (Å²) in [7, 11) is 0. The van der Waals surface area contributed by atoms with Gasteiger partial charge in [-0.05, 0) is 24.1 Å². The fraction of sp³-hybridized carbons (Fsp3) is 0.154. The molecule has 5 nitrogen and oxygen atoms in total. The van der Waals surface area contributed by atoms with E-state index in [0.717, 1.165) is 5.75 Å². The number of rotatable bonds is 4. The van der Waals surface area contributed by atoms with Crippen LogP contribution in [0.1, 0.15) is 16.7 Å². The summed E-state index contributed by atoms with van der Waals surface area (Å²) >= 11 is 1.51. The summed E-state index contributed by atoms with van der Waals surface area (Å²) in [6.07, 6.45) is 1.52. The molecule has 0 aliphatic carbocycles. The molecule has 1 aromatic carbocycles. The Morgan fingerprint density at radius 1 is 1.37 bits per heavy atom. The second-order valence-electron chi connectivity index (χ2n) is 3.95. The average Bonchev–Trinajstić information content (AvgIpc) is 2.46. The number of aromatic nitrogens is 2. The number of oxime groups is 1. The lowest BCUT2D eigenvalue weighted by atomic mass is 10.1. The molecule has 0 aliphatic heterocycles. The predicted molar refractivity (Wildman–Crippen MR) is 75.3 cm³/mol. The predicted octanol–water partition coefficient (Wildman–Crippen LogP) is 2.17. The molecule has 0 atom stereocenters. The zero-order valence-electron chi connectivity index (χ0n) is 10.4. The molecule has 2 rings (SSSR count). The zero-order valence-corrected chi connectivity index (χ0v) is 11.3. The normalized spacial score (nSPS) is 11.5. The molecular formula is C13H14N4OS.